The van der Waals surface area contributed by atoms with Crippen LogP contribution in [-0.2, 0) is 19.8 Å². The average molecular weight is 323 g/mol. The fraction of sp³-hybridized carbons (Fsp3) is 0.588. The van der Waals surface area contributed by atoms with Gasteiger partial charge in [0.1, 0.15) is 29.9 Å². The molecule has 1 aromatic carbocycles. The Morgan fingerprint density at radius 1 is 1.35 bits per heavy atom. The van der Waals surface area contributed by atoms with Crippen molar-refractivity contribution in [2.75, 3.05) is 19.9 Å². The molecule has 0 spiro atoms. The van der Waals surface area contributed by atoms with Crippen LogP contribution in [0.25, 0.3) is 0 Å². The maximum Gasteiger partial charge on any atom is 0.410 e. The average Bonchev–Trinajstić information content (AvgIpc) is 2.90. The predicted molar refractivity (Wildman–Crippen MR) is 81.3 cm³/mol. The summed E-state index contributed by atoms with van der Waals surface area (Å²) in [4.78, 5) is 13.9. The quantitative estimate of drug-likeness (QED) is 0.797. The summed E-state index contributed by atoms with van der Waals surface area (Å²) < 4.78 is 30.2. The first kappa shape index (κ1) is 16.2. The van der Waals surface area contributed by atoms with E-state index in [1.165, 1.54) is 12.1 Å². The number of ether oxygens (including phenoxy) is 3. The van der Waals surface area contributed by atoms with Gasteiger partial charge in [0.2, 0.25) is 0 Å². The molecule has 1 amide bonds. The van der Waals surface area contributed by atoms with Crippen molar-refractivity contribution in [3.63, 3.8) is 0 Å². The summed E-state index contributed by atoms with van der Waals surface area (Å²) in [5.41, 5.74) is -0.271. The third-order valence-corrected chi connectivity index (χ3v) is 4.23. The Bertz CT molecular complexity index is 583. The molecule has 0 N–H and O–H groups in total. The molecule has 23 heavy (non-hydrogen) atoms. The van der Waals surface area contributed by atoms with E-state index in [2.05, 4.69) is 0 Å². The molecule has 0 bridgehead atoms. The van der Waals surface area contributed by atoms with Crippen molar-refractivity contribution >= 4 is 6.09 Å². The molecular formula is C17H22FNO4. The fourth-order valence-electron chi connectivity index (χ4n) is 3.11. The third-order valence-electron chi connectivity index (χ3n) is 4.23. The molecule has 1 aromatic rings. The Hall–Kier alpha value is -1.66. The van der Waals surface area contributed by atoms with Crippen LogP contribution < -0.4 is 0 Å². The lowest BCUT2D eigenvalue weighted by Crippen LogP contribution is -2.54. The Kier molecular flexibility index (Phi) is 4.06. The maximum atomic E-state index is 13.2. The van der Waals surface area contributed by atoms with E-state index in [0.717, 1.165) is 5.56 Å². The molecular weight excluding hydrogens is 301 g/mol. The molecule has 0 aliphatic carbocycles. The van der Waals surface area contributed by atoms with Gasteiger partial charge in [-0.2, -0.15) is 0 Å². The van der Waals surface area contributed by atoms with Gasteiger partial charge in [0.05, 0.1) is 6.54 Å². The van der Waals surface area contributed by atoms with Crippen LogP contribution in [0.15, 0.2) is 24.3 Å². The number of carbonyl (C=O) groups is 1. The van der Waals surface area contributed by atoms with E-state index in [4.69, 9.17) is 14.2 Å². The maximum absolute atomic E-state index is 13.2. The second kappa shape index (κ2) is 5.76. The van der Waals surface area contributed by atoms with Gasteiger partial charge in [-0.25, -0.2) is 9.18 Å². The molecule has 2 atom stereocenters. The Morgan fingerprint density at radius 2 is 2.04 bits per heavy atom. The largest absolute Gasteiger partial charge is 0.444 e. The first-order valence-electron chi connectivity index (χ1n) is 7.80. The zero-order valence-electron chi connectivity index (χ0n) is 13.7. The highest BCUT2D eigenvalue weighted by Gasteiger charge is 2.51. The zero-order chi connectivity index (χ0) is 16.7. The van der Waals surface area contributed by atoms with Crippen molar-refractivity contribution in [2.24, 2.45) is 0 Å². The lowest BCUT2D eigenvalue weighted by molar-refractivity contribution is -0.0537. The van der Waals surface area contributed by atoms with Gasteiger partial charge in [0.15, 0.2) is 0 Å². The van der Waals surface area contributed by atoms with Crippen molar-refractivity contribution in [2.45, 2.75) is 44.5 Å². The Labute approximate surface area is 135 Å². The van der Waals surface area contributed by atoms with Gasteiger partial charge in [0, 0.05) is 13.0 Å². The summed E-state index contributed by atoms with van der Waals surface area (Å²) in [6.07, 6.45) is -0.0438. The second-order valence-electron chi connectivity index (χ2n) is 6.99. The fourth-order valence-corrected chi connectivity index (χ4v) is 3.11. The van der Waals surface area contributed by atoms with Crippen molar-refractivity contribution in [3.8, 4) is 0 Å². The minimum atomic E-state index is -0.619. The lowest BCUT2D eigenvalue weighted by atomic mass is 9.82. The number of benzene rings is 1. The lowest BCUT2D eigenvalue weighted by Gasteiger charge is -2.42. The van der Waals surface area contributed by atoms with Crippen molar-refractivity contribution in [1.82, 2.24) is 4.90 Å². The van der Waals surface area contributed by atoms with Crippen LogP contribution in [-0.4, -0.2) is 42.6 Å². The van der Waals surface area contributed by atoms with Gasteiger partial charge in [-0.1, -0.05) is 12.1 Å². The number of likely N-dealkylation sites (tertiary alicyclic amines) is 1. The molecule has 6 heteroatoms. The molecule has 0 saturated carbocycles. The number of hydrogen-bond donors (Lipinski definition) is 0. The highest BCUT2D eigenvalue weighted by atomic mass is 19.1. The molecule has 2 fully saturated rings. The molecule has 3 rings (SSSR count). The number of piperidine rings is 1. The van der Waals surface area contributed by atoms with Gasteiger partial charge in [-0.3, -0.25) is 0 Å². The molecule has 126 valence electrons. The molecule has 0 radical (unpaired) electrons. The Balaban J connectivity index is 1.76. The van der Waals surface area contributed by atoms with Crippen molar-refractivity contribution < 1.29 is 23.4 Å². The monoisotopic (exact) mass is 323 g/mol. The number of nitrogens with zero attached hydrogens (tertiary/aromatic N) is 1. The van der Waals surface area contributed by atoms with Gasteiger partial charge in [0.25, 0.3) is 0 Å². The summed E-state index contributed by atoms with van der Waals surface area (Å²) in [6, 6.07) is 6.28. The van der Waals surface area contributed by atoms with Crippen molar-refractivity contribution in [1.29, 1.82) is 0 Å². The van der Waals surface area contributed by atoms with Gasteiger partial charge >= 0.3 is 6.09 Å². The van der Waals surface area contributed by atoms with E-state index in [-0.39, 0.29) is 24.8 Å². The normalized spacial score (nSPS) is 27.7. The van der Waals surface area contributed by atoms with Crippen LogP contribution in [0.2, 0.25) is 0 Å². The van der Waals surface area contributed by atoms with E-state index in [9.17, 15) is 9.18 Å². The first-order chi connectivity index (χ1) is 10.8. The predicted octanol–water partition coefficient (Wildman–Crippen LogP) is 3.03. The summed E-state index contributed by atoms with van der Waals surface area (Å²) in [7, 11) is 0. The molecule has 2 heterocycles. The molecule has 5 nitrogen and oxygen atoms in total. The number of amides is 1. The van der Waals surface area contributed by atoms with Crippen LogP contribution in [0.4, 0.5) is 9.18 Å². The highest BCUT2D eigenvalue weighted by Crippen LogP contribution is 2.42. The number of fused-ring (bicyclic) bond motifs is 1. The molecule has 2 aliphatic heterocycles. The minimum Gasteiger partial charge on any atom is -0.444 e. The van der Waals surface area contributed by atoms with E-state index < -0.39 is 11.2 Å². The topological polar surface area (TPSA) is 48.0 Å². The van der Waals surface area contributed by atoms with Crippen LogP contribution >= 0.6 is 0 Å². The first-order valence-corrected chi connectivity index (χ1v) is 7.80. The highest BCUT2D eigenvalue weighted by molar-refractivity contribution is 5.68. The minimum absolute atomic E-state index is 0.171. The summed E-state index contributed by atoms with van der Waals surface area (Å²) in [5, 5.41) is 0. The van der Waals surface area contributed by atoms with Gasteiger partial charge in [-0.05, 0) is 38.5 Å². The van der Waals surface area contributed by atoms with Crippen LogP contribution in [0.3, 0.4) is 0 Å². The van der Waals surface area contributed by atoms with Crippen LogP contribution in [0.5, 0.6) is 0 Å². The third kappa shape index (κ3) is 3.19. The number of rotatable bonds is 1. The van der Waals surface area contributed by atoms with Crippen LogP contribution in [0, 0.1) is 5.82 Å². The SMILES string of the molecule is CC(C)(C)OC(=O)N1CC[C@]2(c3ccc(F)cc3)OCO[C@@H]2C1. The molecule has 0 aromatic heterocycles. The zero-order valence-corrected chi connectivity index (χ0v) is 13.7. The Morgan fingerprint density at radius 3 is 2.70 bits per heavy atom. The van der Waals surface area contributed by atoms with E-state index >= 15 is 0 Å². The van der Waals surface area contributed by atoms with E-state index in [1.807, 2.05) is 20.8 Å². The van der Waals surface area contributed by atoms with Crippen LogP contribution in [0.1, 0.15) is 32.8 Å². The molecule has 2 saturated heterocycles. The molecule has 0 unspecified atom stereocenters. The number of carbonyl (C=O) groups excluding carboxylic acids is 1. The smallest absolute Gasteiger partial charge is 0.410 e. The second-order valence-corrected chi connectivity index (χ2v) is 6.99. The van der Waals surface area contributed by atoms with Gasteiger partial charge < -0.3 is 19.1 Å². The summed E-state index contributed by atoms with van der Waals surface area (Å²) in [6.45, 7) is 6.59. The van der Waals surface area contributed by atoms with E-state index in [1.54, 1.807) is 17.0 Å². The standard InChI is InChI=1S/C17H22FNO4/c1-16(2,3)23-15(20)19-9-8-17(14(10-19)21-11-22-17)12-4-6-13(18)7-5-12/h4-7,14H,8-11H2,1-3H3/t14-,17-/m1/s1. The van der Waals surface area contributed by atoms with Gasteiger partial charge in [-0.15, -0.1) is 0 Å². The van der Waals surface area contributed by atoms with E-state index in [0.29, 0.717) is 19.5 Å². The van der Waals surface area contributed by atoms with Crippen molar-refractivity contribution in [3.05, 3.63) is 35.6 Å². The molecule has 2 aliphatic rings. The number of halogens is 1. The number of hydrogen-bond acceptors (Lipinski definition) is 4. The summed E-state index contributed by atoms with van der Waals surface area (Å²) >= 11 is 0. The summed E-state index contributed by atoms with van der Waals surface area (Å²) in [5.74, 6) is -0.285.